The number of amides is 1. The third-order valence-electron chi connectivity index (χ3n) is 3.99. The minimum Gasteiger partial charge on any atom is -0.357 e. The van der Waals surface area contributed by atoms with E-state index in [1.807, 2.05) is 44.3 Å². The fourth-order valence-electron chi connectivity index (χ4n) is 2.10. The van der Waals surface area contributed by atoms with Crippen molar-refractivity contribution in [3.63, 3.8) is 0 Å². The van der Waals surface area contributed by atoms with E-state index in [2.05, 4.69) is 36.4 Å². The molecular weight excluding hydrogens is 300 g/mol. The third kappa shape index (κ3) is 7.49. The van der Waals surface area contributed by atoms with Crippen LogP contribution in [-0.2, 0) is 11.3 Å². The van der Waals surface area contributed by atoms with Gasteiger partial charge < -0.3 is 15.5 Å². The molecule has 1 atom stereocenters. The minimum atomic E-state index is 0.107. The number of rotatable bonds is 8. The SMILES string of the molecule is CCNC(=NCCC(=O)N(C)Cc1ccccc1)NC(C)C(C)C. The number of guanidine groups is 1. The van der Waals surface area contributed by atoms with Crippen LogP contribution >= 0.6 is 0 Å². The van der Waals surface area contributed by atoms with E-state index in [0.717, 1.165) is 18.1 Å². The smallest absolute Gasteiger partial charge is 0.224 e. The van der Waals surface area contributed by atoms with Crippen LogP contribution in [0, 0.1) is 5.92 Å². The van der Waals surface area contributed by atoms with Crippen LogP contribution in [0.15, 0.2) is 35.3 Å². The molecule has 1 aromatic carbocycles. The van der Waals surface area contributed by atoms with E-state index >= 15 is 0 Å². The first-order valence-electron chi connectivity index (χ1n) is 8.76. The number of hydrogen-bond acceptors (Lipinski definition) is 2. The van der Waals surface area contributed by atoms with E-state index in [1.54, 1.807) is 4.90 Å². The highest BCUT2D eigenvalue weighted by Gasteiger charge is 2.11. The van der Waals surface area contributed by atoms with Gasteiger partial charge >= 0.3 is 0 Å². The second-order valence-corrected chi connectivity index (χ2v) is 6.42. The maximum absolute atomic E-state index is 12.2. The number of carbonyl (C=O) groups is 1. The highest BCUT2D eigenvalue weighted by Crippen LogP contribution is 2.04. The molecule has 1 rings (SSSR count). The summed E-state index contributed by atoms with van der Waals surface area (Å²) in [5.74, 6) is 1.40. The summed E-state index contributed by atoms with van der Waals surface area (Å²) in [5.41, 5.74) is 1.14. The summed E-state index contributed by atoms with van der Waals surface area (Å²) in [7, 11) is 1.84. The first kappa shape index (κ1) is 20.0. The summed E-state index contributed by atoms with van der Waals surface area (Å²) < 4.78 is 0. The van der Waals surface area contributed by atoms with Crippen LogP contribution in [0.5, 0.6) is 0 Å². The number of carbonyl (C=O) groups excluding carboxylic acids is 1. The van der Waals surface area contributed by atoms with Crippen molar-refractivity contribution in [2.45, 2.75) is 46.7 Å². The van der Waals surface area contributed by atoms with E-state index in [1.165, 1.54) is 0 Å². The van der Waals surface area contributed by atoms with Gasteiger partial charge in [0.25, 0.3) is 0 Å². The first-order chi connectivity index (χ1) is 11.4. The van der Waals surface area contributed by atoms with E-state index < -0.39 is 0 Å². The van der Waals surface area contributed by atoms with Gasteiger partial charge in [-0.15, -0.1) is 0 Å². The Morgan fingerprint density at radius 2 is 1.88 bits per heavy atom. The van der Waals surface area contributed by atoms with Gasteiger partial charge in [0.05, 0.1) is 6.54 Å². The average molecular weight is 332 g/mol. The zero-order chi connectivity index (χ0) is 17.9. The molecule has 0 fully saturated rings. The molecule has 134 valence electrons. The molecule has 0 aliphatic rings. The lowest BCUT2D eigenvalue weighted by atomic mass is 10.1. The van der Waals surface area contributed by atoms with Crippen molar-refractivity contribution in [2.75, 3.05) is 20.1 Å². The zero-order valence-corrected chi connectivity index (χ0v) is 15.7. The molecule has 0 saturated carbocycles. The topological polar surface area (TPSA) is 56.7 Å². The Balaban J connectivity index is 2.47. The number of nitrogens with one attached hydrogen (secondary N) is 2. The lowest BCUT2D eigenvalue weighted by Gasteiger charge is -2.21. The Labute approximate surface area is 146 Å². The van der Waals surface area contributed by atoms with Gasteiger partial charge in [-0.1, -0.05) is 44.2 Å². The van der Waals surface area contributed by atoms with Crippen LogP contribution in [0.2, 0.25) is 0 Å². The summed E-state index contributed by atoms with van der Waals surface area (Å²) >= 11 is 0. The van der Waals surface area contributed by atoms with E-state index in [4.69, 9.17) is 0 Å². The van der Waals surface area contributed by atoms with Crippen LogP contribution in [0.1, 0.15) is 39.7 Å². The molecule has 0 aromatic heterocycles. The Kier molecular flexibility index (Phi) is 8.90. The second-order valence-electron chi connectivity index (χ2n) is 6.42. The first-order valence-corrected chi connectivity index (χ1v) is 8.76. The maximum atomic E-state index is 12.2. The van der Waals surface area contributed by atoms with Gasteiger partial charge in [-0.25, -0.2) is 0 Å². The minimum absolute atomic E-state index is 0.107. The Bertz CT molecular complexity index is 513. The molecule has 2 N–H and O–H groups in total. The summed E-state index contributed by atoms with van der Waals surface area (Å²) in [4.78, 5) is 18.5. The van der Waals surface area contributed by atoms with Crippen LogP contribution in [0.4, 0.5) is 0 Å². The largest absolute Gasteiger partial charge is 0.357 e. The second kappa shape index (κ2) is 10.7. The molecule has 0 spiro atoms. The average Bonchev–Trinajstić information content (AvgIpc) is 2.55. The van der Waals surface area contributed by atoms with Crippen molar-refractivity contribution < 1.29 is 4.79 Å². The summed E-state index contributed by atoms with van der Waals surface area (Å²) in [6.07, 6.45) is 0.413. The molecule has 0 heterocycles. The van der Waals surface area contributed by atoms with Gasteiger partial charge in [-0.2, -0.15) is 0 Å². The van der Waals surface area contributed by atoms with Gasteiger partial charge in [0.1, 0.15) is 0 Å². The molecule has 1 aromatic rings. The fourth-order valence-corrected chi connectivity index (χ4v) is 2.10. The monoisotopic (exact) mass is 332 g/mol. The molecule has 5 nitrogen and oxygen atoms in total. The van der Waals surface area contributed by atoms with Gasteiger partial charge in [0.15, 0.2) is 5.96 Å². The third-order valence-corrected chi connectivity index (χ3v) is 3.99. The van der Waals surface area contributed by atoms with Crippen molar-refractivity contribution in [2.24, 2.45) is 10.9 Å². The lowest BCUT2D eigenvalue weighted by Crippen LogP contribution is -2.44. The number of benzene rings is 1. The van der Waals surface area contributed by atoms with Crippen molar-refractivity contribution >= 4 is 11.9 Å². The van der Waals surface area contributed by atoms with Gasteiger partial charge in [0, 0.05) is 32.6 Å². The maximum Gasteiger partial charge on any atom is 0.224 e. The van der Waals surface area contributed by atoms with Crippen molar-refractivity contribution in [3.05, 3.63) is 35.9 Å². The van der Waals surface area contributed by atoms with Crippen LogP contribution in [0.3, 0.4) is 0 Å². The zero-order valence-electron chi connectivity index (χ0n) is 15.7. The normalized spacial score (nSPS) is 12.8. The van der Waals surface area contributed by atoms with Gasteiger partial charge in [-0.3, -0.25) is 9.79 Å². The standard InChI is InChI=1S/C19H32N4O/c1-6-20-19(22-16(4)15(2)3)21-13-12-18(24)23(5)14-17-10-8-7-9-11-17/h7-11,15-16H,6,12-14H2,1-5H3,(H2,20,21,22). The van der Waals surface area contributed by atoms with E-state index in [0.29, 0.717) is 31.5 Å². The van der Waals surface area contributed by atoms with Crippen LogP contribution in [-0.4, -0.2) is 42.9 Å². The van der Waals surface area contributed by atoms with Crippen molar-refractivity contribution in [3.8, 4) is 0 Å². The quantitative estimate of drug-likeness (QED) is 0.568. The fraction of sp³-hybridized carbons (Fsp3) is 0.579. The highest BCUT2D eigenvalue weighted by atomic mass is 16.2. The molecule has 5 heteroatoms. The molecule has 0 saturated heterocycles. The molecule has 0 radical (unpaired) electrons. The Morgan fingerprint density at radius 1 is 1.21 bits per heavy atom. The molecule has 0 aliphatic carbocycles. The Morgan fingerprint density at radius 3 is 2.46 bits per heavy atom. The van der Waals surface area contributed by atoms with Crippen molar-refractivity contribution in [1.29, 1.82) is 0 Å². The van der Waals surface area contributed by atoms with E-state index in [9.17, 15) is 4.79 Å². The summed E-state index contributed by atoms with van der Waals surface area (Å²) in [6.45, 7) is 10.4. The summed E-state index contributed by atoms with van der Waals surface area (Å²) in [5, 5.41) is 6.60. The number of nitrogens with zero attached hydrogens (tertiary/aromatic N) is 2. The lowest BCUT2D eigenvalue weighted by molar-refractivity contribution is -0.130. The summed E-state index contributed by atoms with van der Waals surface area (Å²) in [6, 6.07) is 10.3. The molecule has 0 bridgehead atoms. The number of hydrogen-bond donors (Lipinski definition) is 2. The van der Waals surface area contributed by atoms with Gasteiger partial charge in [-0.05, 0) is 25.3 Å². The van der Waals surface area contributed by atoms with Crippen LogP contribution < -0.4 is 10.6 Å². The van der Waals surface area contributed by atoms with E-state index in [-0.39, 0.29) is 5.91 Å². The van der Waals surface area contributed by atoms with Crippen LogP contribution in [0.25, 0.3) is 0 Å². The van der Waals surface area contributed by atoms with Crippen molar-refractivity contribution in [1.82, 2.24) is 15.5 Å². The van der Waals surface area contributed by atoms with Gasteiger partial charge in [0.2, 0.25) is 5.91 Å². The number of aliphatic imine (C=N–C) groups is 1. The molecule has 0 aliphatic heterocycles. The predicted molar refractivity (Wildman–Crippen MR) is 101 cm³/mol. The predicted octanol–water partition coefficient (Wildman–Crippen LogP) is 2.63. The molecule has 1 amide bonds. The Hall–Kier alpha value is -2.04. The molecular formula is C19H32N4O. The molecule has 24 heavy (non-hydrogen) atoms. The highest BCUT2D eigenvalue weighted by molar-refractivity contribution is 5.81. The molecule has 1 unspecified atom stereocenters.